The molecule has 4 rings (SSSR count). The van der Waals surface area contributed by atoms with Crippen LogP contribution in [0.4, 0.5) is 0 Å². The lowest BCUT2D eigenvalue weighted by molar-refractivity contribution is 0.102. The van der Waals surface area contributed by atoms with Gasteiger partial charge in [0.05, 0.1) is 16.0 Å². The minimum atomic E-state index is 0.180. The van der Waals surface area contributed by atoms with E-state index in [1.807, 2.05) is 30.3 Å². The first-order chi connectivity index (χ1) is 12.3. The highest BCUT2D eigenvalue weighted by Gasteiger charge is 2.16. The van der Waals surface area contributed by atoms with Crippen molar-refractivity contribution in [3.8, 4) is 0 Å². The second-order valence-electron chi connectivity index (χ2n) is 6.62. The summed E-state index contributed by atoms with van der Waals surface area (Å²) < 4.78 is 2.14. The Kier molecular flexibility index (Phi) is 5.18. The van der Waals surface area contributed by atoms with Gasteiger partial charge in [0, 0.05) is 5.56 Å². The molecule has 128 valence electrons. The van der Waals surface area contributed by atoms with E-state index >= 15 is 0 Å². The van der Waals surface area contributed by atoms with Crippen molar-refractivity contribution in [1.29, 1.82) is 0 Å². The summed E-state index contributed by atoms with van der Waals surface area (Å²) in [4.78, 5) is 17.1. The number of para-hydroxylation sites is 1. The van der Waals surface area contributed by atoms with E-state index in [9.17, 15) is 4.79 Å². The van der Waals surface area contributed by atoms with E-state index in [0.29, 0.717) is 11.7 Å². The van der Waals surface area contributed by atoms with Crippen LogP contribution in [0.15, 0.2) is 52.9 Å². The maximum Gasteiger partial charge on any atom is 0.173 e. The Balaban J connectivity index is 1.38. The summed E-state index contributed by atoms with van der Waals surface area (Å²) >= 11 is 3.19. The van der Waals surface area contributed by atoms with Crippen LogP contribution in [0.5, 0.6) is 0 Å². The number of aromatic nitrogens is 1. The number of thiazole rings is 1. The standard InChI is InChI=1S/C21H21NOS2/c23-19(14-24-21-22-18-8-4-5-9-20(18)25-21)17-12-10-16(11-13-17)15-6-2-1-3-7-15/h4-5,8-13,15H,1-3,6-7,14H2. The van der Waals surface area contributed by atoms with Crippen molar-refractivity contribution in [3.63, 3.8) is 0 Å². The first-order valence-electron chi connectivity index (χ1n) is 8.91. The zero-order valence-electron chi connectivity index (χ0n) is 14.1. The van der Waals surface area contributed by atoms with E-state index in [0.717, 1.165) is 15.4 Å². The van der Waals surface area contributed by atoms with Gasteiger partial charge in [0.25, 0.3) is 0 Å². The molecule has 25 heavy (non-hydrogen) atoms. The summed E-state index contributed by atoms with van der Waals surface area (Å²) in [6.45, 7) is 0. The van der Waals surface area contributed by atoms with Gasteiger partial charge < -0.3 is 0 Å². The zero-order chi connectivity index (χ0) is 17.1. The number of thioether (sulfide) groups is 1. The first kappa shape index (κ1) is 16.8. The van der Waals surface area contributed by atoms with Gasteiger partial charge in [-0.1, -0.05) is 67.4 Å². The molecule has 0 radical (unpaired) electrons. The average Bonchev–Trinajstić information content (AvgIpc) is 3.10. The van der Waals surface area contributed by atoms with E-state index in [4.69, 9.17) is 0 Å². The molecule has 0 amide bonds. The van der Waals surface area contributed by atoms with Crippen molar-refractivity contribution in [2.24, 2.45) is 0 Å². The number of ketones is 1. The summed E-state index contributed by atoms with van der Waals surface area (Å²) in [6.07, 6.45) is 6.63. The molecule has 1 saturated carbocycles. The fraction of sp³-hybridized carbons (Fsp3) is 0.333. The van der Waals surface area contributed by atoms with Crippen LogP contribution in [-0.2, 0) is 0 Å². The van der Waals surface area contributed by atoms with Gasteiger partial charge in [-0.15, -0.1) is 11.3 Å². The Hall–Kier alpha value is -1.65. The Morgan fingerprint density at radius 2 is 1.80 bits per heavy atom. The van der Waals surface area contributed by atoms with Gasteiger partial charge in [0.2, 0.25) is 0 Å². The van der Waals surface area contributed by atoms with Gasteiger partial charge >= 0.3 is 0 Å². The van der Waals surface area contributed by atoms with Crippen molar-refractivity contribution < 1.29 is 4.79 Å². The minimum Gasteiger partial charge on any atom is -0.293 e. The molecule has 0 aliphatic heterocycles. The number of rotatable bonds is 5. The Labute approximate surface area is 156 Å². The Morgan fingerprint density at radius 3 is 2.56 bits per heavy atom. The van der Waals surface area contributed by atoms with Crippen molar-refractivity contribution in [2.45, 2.75) is 42.4 Å². The quantitative estimate of drug-likeness (QED) is 0.390. The lowest BCUT2D eigenvalue weighted by Gasteiger charge is -2.22. The van der Waals surface area contributed by atoms with Crippen LogP contribution in [-0.4, -0.2) is 16.5 Å². The van der Waals surface area contributed by atoms with Crippen LogP contribution < -0.4 is 0 Å². The molecule has 1 heterocycles. The van der Waals surface area contributed by atoms with Gasteiger partial charge in [-0.3, -0.25) is 4.79 Å². The molecule has 1 aliphatic carbocycles. The molecule has 2 nitrogen and oxygen atoms in total. The van der Waals surface area contributed by atoms with Crippen LogP contribution in [0.1, 0.15) is 53.9 Å². The van der Waals surface area contributed by atoms with E-state index in [-0.39, 0.29) is 5.78 Å². The molecule has 2 aromatic carbocycles. The topological polar surface area (TPSA) is 30.0 Å². The highest BCUT2D eigenvalue weighted by Crippen LogP contribution is 2.33. The first-order valence-corrected chi connectivity index (χ1v) is 10.7. The van der Waals surface area contributed by atoms with Crippen molar-refractivity contribution in [1.82, 2.24) is 4.98 Å². The van der Waals surface area contributed by atoms with Crippen molar-refractivity contribution in [2.75, 3.05) is 5.75 Å². The van der Waals surface area contributed by atoms with E-state index < -0.39 is 0 Å². The van der Waals surface area contributed by atoms with Gasteiger partial charge in [-0.05, 0) is 36.5 Å². The molecule has 1 fully saturated rings. The average molecular weight is 368 g/mol. The van der Waals surface area contributed by atoms with Crippen LogP contribution in [0, 0.1) is 0 Å². The fourth-order valence-corrected chi connectivity index (χ4v) is 5.46. The highest BCUT2D eigenvalue weighted by atomic mass is 32.2. The maximum absolute atomic E-state index is 12.5. The maximum atomic E-state index is 12.5. The number of hydrogen-bond acceptors (Lipinski definition) is 4. The largest absolute Gasteiger partial charge is 0.293 e. The van der Waals surface area contributed by atoms with Crippen molar-refractivity contribution in [3.05, 3.63) is 59.7 Å². The van der Waals surface area contributed by atoms with Gasteiger partial charge in [0.1, 0.15) is 0 Å². The van der Waals surface area contributed by atoms with Crippen LogP contribution in [0.2, 0.25) is 0 Å². The number of hydrogen-bond donors (Lipinski definition) is 0. The molecular weight excluding hydrogens is 346 g/mol. The Bertz CT molecular complexity index is 830. The minimum absolute atomic E-state index is 0.180. The normalized spacial score (nSPS) is 15.5. The Morgan fingerprint density at radius 1 is 1.04 bits per heavy atom. The van der Waals surface area contributed by atoms with Crippen LogP contribution >= 0.6 is 23.1 Å². The predicted octanol–water partition coefficient (Wildman–Crippen LogP) is 6.32. The van der Waals surface area contributed by atoms with E-state index in [1.54, 1.807) is 11.3 Å². The zero-order valence-corrected chi connectivity index (χ0v) is 15.7. The predicted molar refractivity (Wildman–Crippen MR) is 107 cm³/mol. The third-order valence-electron chi connectivity index (χ3n) is 4.91. The van der Waals surface area contributed by atoms with Crippen molar-refractivity contribution >= 4 is 39.1 Å². The third kappa shape index (κ3) is 3.96. The fourth-order valence-electron chi connectivity index (χ4n) is 3.50. The lowest BCUT2D eigenvalue weighted by atomic mass is 9.84. The molecule has 3 aromatic rings. The molecule has 4 heteroatoms. The van der Waals surface area contributed by atoms with Gasteiger partial charge in [-0.2, -0.15) is 0 Å². The number of fused-ring (bicyclic) bond motifs is 1. The molecular formula is C21H21NOS2. The number of carbonyl (C=O) groups is 1. The summed E-state index contributed by atoms with van der Waals surface area (Å²) in [5.41, 5.74) is 3.22. The summed E-state index contributed by atoms with van der Waals surface area (Å²) in [5, 5.41) is 0. The van der Waals surface area contributed by atoms with Crippen LogP contribution in [0.3, 0.4) is 0 Å². The van der Waals surface area contributed by atoms with E-state index in [1.165, 1.54) is 54.1 Å². The van der Waals surface area contributed by atoms with Gasteiger partial charge in [0.15, 0.2) is 10.1 Å². The second-order valence-corrected chi connectivity index (χ2v) is 8.87. The molecule has 1 aliphatic rings. The molecule has 0 spiro atoms. The molecule has 0 unspecified atom stereocenters. The number of nitrogens with zero attached hydrogens (tertiary/aromatic N) is 1. The number of Topliss-reactive ketones (excluding diaryl/α,β-unsaturated/α-hetero) is 1. The smallest absolute Gasteiger partial charge is 0.173 e. The molecule has 0 N–H and O–H groups in total. The highest BCUT2D eigenvalue weighted by molar-refractivity contribution is 8.01. The SMILES string of the molecule is O=C(CSc1nc2ccccc2s1)c1ccc(C2CCCCC2)cc1. The molecule has 0 bridgehead atoms. The monoisotopic (exact) mass is 367 g/mol. The molecule has 0 atom stereocenters. The van der Waals surface area contributed by atoms with E-state index in [2.05, 4.69) is 23.2 Å². The molecule has 1 aromatic heterocycles. The third-order valence-corrected chi connectivity index (χ3v) is 7.09. The molecule has 0 saturated heterocycles. The summed E-state index contributed by atoms with van der Waals surface area (Å²) in [6, 6.07) is 16.4. The van der Waals surface area contributed by atoms with Crippen LogP contribution in [0.25, 0.3) is 10.2 Å². The number of benzene rings is 2. The summed E-state index contributed by atoms with van der Waals surface area (Å²) in [7, 11) is 0. The number of carbonyl (C=O) groups excluding carboxylic acids is 1. The summed E-state index contributed by atoms with van der Waals surface area (Å²) in [5.74, 6) is 1.32. The lowest BCUT2D eigenvalue weighted by Crippen LogP contribution is -2.06. The second kappa shape index (κ2) is 7.71. The van der Waals surface area contributed by atoms with Gasteiger partial charge in [-0.25, -0.2) is 4.98 Å².